The van der Waals surface area contributed by atoms with Gasteiger partial charge in [-0.15, -0.1) is 0 Å². The van der Waals surface area contributed by atoms with Crippen LogP contribution < -0.4 is 19.6 Å². The van der Waals surface area contributed by atoms with Gasteiger partial charge in [-0.3, -0.25) is 4.79 Å². The number of rotatable bonds is 7. The third-order valence-electron chi connectivity index (χ3n) is 3.20. The number of amides is 1. The molecular weight excluding hydrogens is 308 g/mol. The molecule has 0 aromatic heterocycles. The maximum absolute atomic E-state index is 12.2. The fourth-order valence-corrected chi connectivity index (χ4v) is 2.04. The monoisotopic (exact) mass is 328 g/mol. The number of methoxy groups -OCH3 is 2. The first-order chi connectivity index (χ1) is 11.7. The van der Waals surface area contributed by atoms with E-state index in [4.69, 9.17) is 14.2 Å². The number of carbonyl (C=O) groups is 1. The topological polar surface area (TPSA) is 69.2 Å². The largest absolute Gasteiger partial charge is 0.497 e. The van der Waals surface area contributed by atoms with E-state index in [-0.39, 0.29) is 5.91 Å². The normalized spacial score (nSPS) is 10.5. The molecule has 0 atom stereocenters. The summed E-state index contributed by atoms with van der Waals surface area (Å²) in [6.45, 7) is 2.46. The summed E-state index contributed by atoms with van der Waals surface area (Å²) < 4.78 is 15.8. The van der Waals surface area contributed by atoms with Gasteiger partial charge < -0.3 is 14.2 Å². The molecule has 0 aliphatic heterocycles. The highest BCUT2D eigenvalue weighted by atomic mass is 16.5. The minimum absolute atomic E-state index is 0.364. The van der Waals surface area contributed by atoms with Crippen LogP contribution in [0, 0.1) is 0 Å². The Labute approximate surface area is 141 Å². The second-order valence-corrected chi connectivity index (χ2v) is 4.77. The van der Waals surface area contributed by atoms with Crippen molar-refractivity contribution in [1.29, 1.82) is 0 Å². The highest BCUT2D eigenvalue weighted by Gasteiger charge is 2.09. The highest BCUT2D eigenvalue weighted by molar-refractivity contribution is 5.95. The summed E-state index contributed by atoms with van der Waals surface area (Å²) in [7, 11) is 3.05. The van der Waals surface area contributed by atoms with Crippen LogP contribution in [0.5, 0.6) is 17.2 Å². The average Bonchev–Trinajstić information content (AvgIpc) is 2.62. The molecule has 24 heavy (non-hydrogen) atoms. The molecule has 0 saturated heterocycles. The quantitative estimate of drug-likeness (QED) is 0.627. The molecule has 0 spiro atoms. The zero-order valence-corrected chi connectivity index (χ0v) is 13.9. The second kappa shape index (κ2) is 8.57. The molecule has 0 fully saturated rings. The third-order valence-corrected chi connectivity index (χ3v) is 3.20. The first kappa shape index (κ1) is 17.3. The summed E-state index contributed by atoms with van der Waals surface area (Å²) in [6, 6.07) is 12.4. The van der Waals surface area contributed by atoms with Crippen molar-refractivity contribution < 1.29 is 19.0 Å². The summed E-state index contributed by atoms with van der Waals surface area (Å²) in [6.07, 6.45) is 1.54. The van der Waals surface area contributed by atoms with E-state index in [9.17, 15) is 4.79 Å². The van der Waals surface area contributed by atoms with Crippen molar-refractivity contribution in [3.05, 3.63) is 53.6 Å². The molecule has 0 heterocycles. The van der Waals surface area contributed by atoms with Crippen LogP contribution in [0.15, 0.2) is 47.6 Å². The molecule has 0 radical (unpaired) electrons. The van der Waals surface area contributed by atoms with Crippen molar-refractivity contribution in [3.63, 3.8) is 0 Å². The molecule has 0 bridgehead atoms. The van der Waals surface area contributed by atoms with Crippen LogP contribution in [0.1, 0.15) is 22.8 Å². The van der Waals surface area contributed by atoms with E-state index >= 15 is 0 Å². The number of carbonyl (C=O) groups excluding carboxylic acids is 1. The Morgan fingerprint density at radius 1 is 1.12 bits per heavy atom. The third kappa shape index (κ3) is 4.49. The van der Waals surface area contributed by atoms with Crippen LogP contribution in [-0.4, -0.2) is 32.9 Å². The fraction of sp³-hybridized carbons (Fsp3) is 0.222. The van der Waals surface area contributed by atoms with Gasteiger partial charge in [0.2, 0.25) is 0 Å². The van der Waals surface area contributed by atoms with Crippen molar-refractivity contribution in [3.8, 4) is 17.2 Å². The van der Waals surface area contributed by atoms with E-state index in [0.717, 1.165) is 5.56 Å². The van der Waals surface area contributed by atoms with Gasteiger partial charge in [-0.2, -0.15) is 5.10 Å². The lowest BCUT2D eigenvalue weighted by molar-refractivity contribution is 0.0954. The average molecular weight is 328 g/mol. The summed E-state index contributed by atoms with van der Waals surface area (Å²) in [4.78, 5) is 12.2. The Hall–Kier alpha value is -3.02. The molecule has 6 nitrogen and oxygen atoms in total. The molecule has 0 aliphatic carbocycles. The smallest absolute Gasteiger partial charge is 0.271 e. The minimum atomic E-state index is -0.364. The zero-order valence-electron chi connectivity index (χ0n) is 13.9. The van der Waals surface area contributed by atoms with E-state index in [1.807, 2.05) is 31.2 Å². The van der Waals surface area contributed by atoms with Crippen molar-refractivity contribution in [2.75, 3.05) is 20.8 Å². The Balaban J connectivity index is 2.10. The molecule has 0 saturated carbocycles. The zero-order chi connectivity index (χ0) is 17.4. The SMILES string of the molecule is CCOc1ccccc1/C=N/NC(=O)c1cc(OC)cc(OC)c1. The van der Waals surface area contributed by atoms with Crippen molar-refractivity contribution in [2.24, 2.45) is 5.10 Å². The Morgan fingerprint density at radius 2 is 1.79 bits per heavy atom. The highest BCUT2D eigenvalue weighted by Crippen LogP contribution is 2.22. The van der Waals surface area contributed by atoms with Crippen LogP contribution >= 0.6 is 0 Å². The van der Waals surface area contributed by atoms with Crippen LogP contribution in [0.4, 0.5) is 0 Å². The van der Waals surface area contributed by atoms with Crippen LogP contribution in [0.2, 0.25) is 0 Å². The first-order valence-corrected chi connectivity index (χ1v) is 7.46. The van der Waals surface area contributed by atoms with Gasteiger partial charge in [0.05, 0.1) is 27.0 Å². The number of nitrogens with zero attached hydrogens (tertiary/aromatic N) is 1. The number of ether oxygens (including phenoxy) is 3. The van der Waals surface area contributed by atoms with E-state index in [0.29, 0.717) is 29.4 Å². The van der Waals surface area contributed by atoms with E-state index in [1.54, 1.807) is 24.4 Å². The van der Waals surface area contributed by atoms with Crippen LogP contribution in [0.3, 0.4) is 0 Å². The lowest BCUT2D eigenvalue weighted by Gasteiger charge is -2.08. The fourth-order valence-electron chi connectivity index (χ4n) is 2.04. The first-order valence-electron chi connectivity index (χ1n) is 7.46. The number of benzene rings is 2. The van der Waals surface area contributed by atoms with Gasteiger partial charge in [0.1, 0.15) is 17.2 Å². The maximum Gasteiger partial charge on any atom is 0.271 e. The predicted molar refractivity (Wildman–Crippen MR) is 92.2 cm³/mol. The summed E-state index contributed by atoms with van der Waals surface area (Å²) in [5, 5.41) is 3.99. The number of hydrogen-bond donors (Lipinski definition) is 1. The molecule has 2 aromatic rings. The van der Waals surface area contributed by atoms with Gasteiger partial charge in [0.25, 0.3) is 5.91 Å². The van der Waals surface area contributed by atoms with E-state index in [1.165, 1.54) is 14.2 Å². The van der Waals surface area contributed by atoms with Crippen molar-refractivity contribution in [1.82, 2.24) is 5.43 Å². The van der Waals surface area contributed by atoms with E-state index < -0.39 is 0 Å². The van der Waals surface area contributed by atoms with Crippen molar-refractivity contribution in [2.45, 2.75) is 6.92 Å². The van der Waals surface area contributed by atoms with Gasteiger partial charge >= 0.3 is 0 Å². The molecule has 0 aliphatic rings. The van der Waals surface area contributed by atoms with Gasteiger partial charge in [0, 0.05) is 17.2 Å². The lowest BCUT2D eigenvalue weighted by Crippen LogP contribution is -2.17. The Bertz CT molecular complexity index is 706. The van der Waals surface area contributed by atoms with Gasteiger partial charge in [0.15, 0.2) is 0 Å². The predicted octanol–water partition coefficient (Wildman–Crippen LogP) is 2.87. The number of hydrogen-bond acceptors (Lipinski definition) is 5. The molecular formula is C18H20N2O4. The molecule has 126 valence electrons. The van der Waals surface area contributed by atoms with Crippen molar-refractivity contribution >= 4 is 12.1 Å². The molecule has 1 amide bonds. The Kier molecular flexibility index (Phi) is 6.19. The van der Waals surface area contributed by atoms with Gasteiger partial charge in [-0.1, -0.05) is 12.1 Å². The van der Waals surface area contributed by atoms with Crippen LogP contribution in [-0.2, 0) is 0 Å². The van der Waals surface area contributed by atoms with Crippen LogP contribution in [0.25, 0.3) is 0 Å². The summed E-state index contributed by atoms with van der Waals surface area (Å²) >= 11 is 0. The Morgan fingerprint density at radius 3 is 2.42 bits per heavy atom. The summed E-state index contributed by atoms with van der Waals surface area (Å²) in [5.74, 6) is 1.41. The molecule has 2 rings (SSSR count). The standard InChI is InChI=1S/C18H20N2O4/c1-4-24-17-8-6-5-7-13(17)12-19-20-18(21)14-9-15(22-2)11-16(10-14)23-3/h5-12H,4H2,1-3H3,(H,20,21)/b19-12+. The van der Waals surface area contributed by atoms with E-state index in [2.05, 4.69) is 10.5 Å². The lowest BCUT2D eigenvalue weighted by atomic mass is 10.2. The maximum atomic E-state index is 12.2. The number of para-hydroxylation sites is 1. The van der Waals surface area contributed by atoms with Gasteiger partial charge in [-0.05, 0) is 31.2 Å². The minimum Gasteiger partial charge on any atom is -0.497 e. The molecule has 0 unspecified atom stereocenters. The second-order valence-electron chi connectivity index (χ2n) is 4.77. The molecule has 6 heteroatoms. The molecule has 2 aromatic carbocycles. The number of hydrazone groups is 1. The summed E-state index contributed by atoms with van der Waals surface area (Å²) in [5.41, 5.74) is 3.65. The number of nitrogens with one attached hydrogen (secondary N) is 1. The molecule has 1 N–H and O–H groups in total. The van der Waals surface area contributed by atoms with Gasteiger partial charge in [-0.25, -0.2) is 5.43 Å².